The van der Waals surface area contributed by atoms with Gasteiger partial charge in [-0.05, 0) is 80.5 Å². The maximum atomic E-state index is 14.4. The molecule has 34 heavy (non-hydrogen) atoms. The number of halogens is 2. The summed E-state index contributed by atoms with van der Waals surface area (Å²) in [5.74, 6) is 4.34. The number of methoxy groups -OCH3 is 1. The molecule has 180 valence electrons. The molecule has 1 aliphatic carbocycles. The Morgan fingerprint density at radius 3 is 2.50 bits per heavy atom. The summed E-state index contributed by atoms with van der Waals surface area (Å²) in [5, 5.41) is 4.30. The molecule has 1 aromatic heterocycles. The van der Waals surface area contributed by atoms with Crippen LogP contribution in [0.2, 0.25) is 0 Å². The van der Waals surface area contributed by atoms with Gasteiger partial charge in [0.15, 0.2) is 5.13 Å². The lowest BCUT2D eigenvalue weighted by Crippen LogP contribution is -2.26. The van der Waals surface area contributed by atoms with Gasteiger partial charge >= 0.3 is 0 Å². The van der Waals surface area contributed by atoms with Gasteiger partial charge in [0.25, 0.3) is 0 Å². The van der Waals surface area contributed by atoms with Gasteiger partial charge in [-0.15, -0.1) is 30.2 Å². The minimum Gasteiger partial charge on any atom is -0.496 e. The van der Waals surface area contributed by atoms with Gasteiger partial charge in [-0.2, -0.15) is 0 Å². The molecule has 3 nitrogen and oxygen atoms in total. The lowest BCUT2D eigenvalue weighted by molar-refractivity contribution is 0.411. The average molecular weight is 499 g/mol. The van der Waals surface area contributed by atoms with Crippen molar-refractivity contribution in [3.63, 3.8) is 0 Å². The lowest BCUT2D eigenvalue weighted by Gasteiger charge is -2.25. The molecule has 0 amide bonds. The first-order chi connectivity index (χ1) is 15.8. The normalized spacial score (nSPS) is 14.6. The number of thiazole rings is 1. The number of rotatable bonds is 8. The molecule has 0 aliphatic heterocycles. The van der Waals surface area contributed by atoms with Crippen molar-refractivity contribution in [3.05, 3.63) is 63.3 Å². The van der Waals surface area contributed by atoms with E-state index in [9.17, 15) is 4.39 Å². The van der Waals surface area contributed by atoms with E-state index in [4.69, 9.17) is 16.1 Å². The van der Waals surface area contributed by atoms with E-state index in [1.807, 2.05) is 19.1 Å². The van der Waals surface area contributed by atoms with Crippen LogP contribution < -0.4 is 10.1 Å². The second-order valence-corrected chi connectivity index (χ2v) is 10.3. The van der Waals surface area contributed by atoms with E-state index in [1.165, 1.54) is 12.8 Å². The van der Waals surface area contributed by atoms with E-state index in [0.29, 0.717) is 11.5 Å². The van der Waals surface area contributed by atoms with Crippen molar-refractivity contribution in [2.75, 3.05) is 12.4 Å². The van der Waals surface area contributed by atoms with Gasteiger partial charge in [0.2, 0.25) is 0 Å². The summed E-state index contributed by atoms with van der Waals surface area (Å²) >= 11 is 1.61. The summed E-state index contributed by atoms with van der Waals surface area (Å²) in [6.07, 6.45) is 9.41. The fourth-order valence-corrected chi connectivity index (χ4v) is 5.25. The van der Waals surface area contributed by atoms with Crippen molar-refractivity contribution in [1.82, 2.24) is 4.98 Å². The van der Waals surface area contributed by atoms with Crippen LogP contribution in [0, 0.1) is 51.8 Å². The SMILES string of the molecule is C#CC(Nc1nc(-c2cc(C)c(OC)cc2C)c(C)s1)C(CC1CC1)c1ccc(C)c(F)c1.Cl. The standard InChI is InChI=1S/C28H31FN2OS.ClH/c1-7-25(23(14-20-9-10-20)21-11-8-16(2)24(29)15-21)30-28-31-27(19(5)33-28)22-12-18(4)26(32-6)13-17(22)3;/h1,8,11-13,15,20,23,25H,9-10,14H2,2-6H3,(H,30,31);1H. The molecule has 1 aliphatic rings. The van der Waals surface area contributed by atoms with E-state index in [2.05, 4.69) is 37.2 Å². The molecule has 4 rings (SSSR count). The highest BCUT2D eigenvalue weighted by molar-refractivity contribution is 7.16. The van der Waals surface area contributed by atoms with Crippen LogP contribution in [-0.4, -0.2) is 18.1 Å². The van der Waals surface area contributed by atoms with Crippen molar-refractivity contribution >= 4 is 28.9 Å². The molecule has 1 saturated carbocycles. The third kappa shape index (κ3) is 5.56. The minimum absolute atomic E-state index is 0. The zero-order valence-electron chi connectivity index (χ0n) is 20.4. The molecular weight excluding hydrogens is 467 g/mol. The number of terminal acetylenes is 1. The maximum absolute atomic E-state index is 14.4. The van der Waals surface area contributed by atoms with Gasteiger partial charge in [0.05, 0.1) is 18.8 Å². The predicted molar refractivity (Wildman–Crippen MR) is 143 cm³/mol. The van der Waals surface area contributed by atoms with Crippen LogP contribution >= 0.6 is 23.7 Å². The van der Waals surface area contributed by atoms with Crippen molar-refractivity contribution in [2.24, 2.45) is 5.92 Å². The molecule has 0 radical (unpaired) electrons. The summed E-state index contributed by atoms with van der Waals surface area (Å²) in [7, 11) is 1.69. The van der Waals surface area contributed by atoms with E-state index in [-0.39, 0.29) is 30.2 Å². The molecule has 6 heteroatoms. The molecule has 1 fully saturated rings. The minimum atomic E-state index is -0.259. The van der Waals surface area contributed by atoms with Crippen LogP contribution in [0.5, 0.6) is 5.75 Å². The van der Waals surface area contributed by atoms with Crippen molar-refractivity contribution in [2.45, 2.75) is 58.9 Å². The number of benzene rings is 2. The van der Waals surface area contributed by atoms with Crippen LogP contribution in [0.25, 0.3) is 11.3 Å². The number of hydrogen-bond donors (Lipinski definition) is 1. The first-order valence-electron chi connectivity index (χ1n) is 11.4. The first-order valence-corrected chi connectivity index (χ1v) is 12.2. The smallest absolute Gasteiger partial charge is 0.184 e. The quantitative estimate of drug-likeness (QED) is 0.324. The van der Waals surface area contributed by atoms with Crippen LogP contribution in [0.1, 0.15) is 52.3 Å². The Balaban J connectivity index is 0.00000324. The highest BCUT2D eigenvalue weighted by Gasteiger charge is 2.31. The number of aromatic nitrogens is 1. The first kappa shape index (κ1) is 26.1. The van der Waals surface area contributed by atoms with Gasteiger partial charge in [-0.25, -0.2) is 9.37 Å². The molecule has 0 saturated heterocycles. The van der Waals surface area contributed by atoms with Gasteiger partial charge in [0.1, 0.15) is 11.6 Å². The largest absolute Gasteiger partial charge is 0.496 e. The number of ether oxygens (including phenoxy) is 1. The van der Waals surface area contributed by atoms with E-state index < -0.39 is 0 Å². The van der Waals surface area contributed by atoms with Gasteiger partial charge in [0, 0.05) is 16.4 Å². The number of nitrogens with zero attached hydrogens (tertiary/aromatic N) is 1. The summed E-state index contributed by atoms with van der Waals surface area (Å²) in [6, 6.07) is 9.43. The average Bonchev–Trinajstić information content (AvgIpc) is 3.54. The molecule has 0 spiro atoms. The Kier molecular flexibility index (Phi) is 8.28. The number of nitrogens with one attached hydrogen (secondary N) is 1. The summed E-state index contributed by atoms with van der Waals surface area (Å²) < 4.78 is 19.8. The zero-order valence-corrected chi connectivity index (χ0v) is 22.0. The molecular formula is C28H32ClFN2OS. The fraction of sp³-hybridized carbons (Fsp3) is 0.393. The van der Waals surface area contributed by atoms with Gasteiger partial charge in [-0.1, -0.05) is 30.9 Å². The second-order valence-electron chi connectivity index (χ2n) is 9.14. The van der Waals surface area contributed by atoms with Crippen LogP contribution in [0.3, 0.4) is 0 Å². The van der Waals surface area contributed by atoms with E-state index in [1.54, 1.807) is 31.4 Å². The molecule has 0 bridgehead atoms. The number of hydrogen-bond acceptors (Lipinski definition) is 4. The van der Waals surface area contributed by atoms with Crippen molar-refractivity contribution < 1.29 is 9.13 Å². The lowest BCUT2D eigenvalue weighted by atomic mass is 9.86. The Morgan fingerprint density at radius 1 is 1.15 bits per heavy atom. The summed E-state index contributed by atoms with van der Waals surface area (Å²) in [6.45, 7) is 7.99. The second kappa shape index (κ2) is 10.8. The molecule has 1 N–H and O–H groups in total. The highest BCUT2D eigenvalue weighted by atomic mass is 35.5. The van der Waals surface area contributed by atoms with E-state index >= 15 is 0 Å². The highest BCUT2D eigenvalue weighted by Crippen LogP contribution is 2.42. The van der Waals surface area contributed by atoms with E-state index in [0.717, 1.165) is 50.1 Å². The van der Waals surface area contributed by atoms with Crippen LogP contribution in [0.4, 0.5) is 9.52 Å². The molecule has 2 atom stereocenters. The van der Waals surface area contributed by atoms with Crippen LogP contribution in [0.15, 0.2) is 30.3 Å². The maximum Gasteiger partial charge on any atom is 0.184 e. The van der Waals surface area contributed by atoms with Crippen molar-refractivity contribution in [3.8, 4) is 29.4 Å². The predicted octanol–water partition coefficient (Wildman–Crippen LogP) is 7.61. The van der Waals surface area contributed by atoms with Gasteiger partial charge in [-0.3, -0.25) is 0 Å². The third-order valence-corrected chi connectivity index (χ3v) is 7.46. The van der Waals surface area contributed by atoms with Crippen molar-refractivity contribution in [1.29, 1.82) is 0 Å². The molecule has 3 aromatic rings. The Hall–Kier alpha value is -2.55. The summed E-state index contributed by atoms with van der Waals surface area (Å²) in [5.41, 5.74) is 5.86. The third-order valence-electron chi connectivity index (χ3n) is 6.56. The summed E-state index contributed by atoms with van der Waals surface area (Å²) in [4.78, 5) is 6.05. The molecule has 2 unspecified atom stereocenters. The van der Waals surface area contributed by atoms with Gasteiger partial charge < -0.3 is 10.1 Å². The zero-order chi connectivity index (χ0) is 23.7. The topological polar surface area (TPSA) is 34.2 Å². The Bertz CT molecular complexity index is 1210. The Labute approximate surface area is 212 Å². The Morgan fingerprint density at radius 2 is 1.88 bits per heavy atom. The number of aryl methyl sites for hydroxylation is 4. The number of anilines is 1. The fourth-order valence-electron chi connectivity index (χ4n) is 4.38. The van der Waals surface area contributed by atoms with Crippen LogP contribution in [-0.2, 0) is 0 Å². The molecule has 2 aromatic carbocycles. The monoisotopic (exact) mass is 498 g/mol. The molecule has 1 heterocycles.